The number of likely N-dealkylation sites (N-methyl/N-ethyl adjacent to an activating group) is 1. The first-order valence-electron chi connectivity index (χ1n) is 7.05. The van der Waals surface area contributed by atoms with Crippen LogP contribution in [0.1, 0.15) is 50.7 Å². The predicted octanol–water partition coefficient (Wildman–Crippen LogP) is 3.23. The summed E-state index contributed by atoms with van der Waals surface area (Å²) < 4.78 is 0. The maximum Gasteiger partial charge on any atom is 0.137 e. The first-order valence-corrected chi connectivity index (χ1v) is 7.05. The van der Waals surface area contributed by atoms with E-state index < -0.39 is 6.23 Å². The van der Waals surface area contributed by atoms with Crippen LogP contribution < -0.4 is 5.32 Å². The molecular formula is C16H28N2O. The molecule has 3 nitrogen and oxygen atoms in total. The largest absolute Gasteiger partial charge is 0.372 e. The Labute approximate surface area is 117 Å². The van der Waals surface area contributed by atoms with Crippen LogP contribution >= 0.6 is 0 Å². The number of hydrogen-bond acceptors (Lipinski definition) is 3. The van der Waals surface area contributed by atoms with E-state index in [4.69, 9.17) is 0 Å². The monoisotopic (exact) mass is 264 g/mol. The first-order chi connectivity index (χ1) is 8.82. The van der Waals surface area contributed by atoms with Crippen LogP contribution in [0, 0.1) is 0 Å². The normalized spacial score (nSPS) is 13.4. The summed E-state index contributed by atoms with van der Waals surface area (Å²) in [7, 11) is 3.92. The molecule has 19 heavy (non-hydrogen) atoms. The number of aliphatic hydroxyl groups excluding tert-OH is 1. The van der Waals surface area contributed by atoms with Gasteiger partial charge in [-0.2, -0.15) is 0 Å². The molecule has 0 aliphatic rings. The molecule has 0 aromatic heterocycles. The molecule has 2 N–H and O–H groups in total. The molecule has 1 aromatic rings. The number of aliphatic hydroxyl groups is 1. The molecule has 0 amide bonds. The lowest BCUT2D eigenvalue weighted by atomic mass is 9.92. The zero-order valence-corrected chi connectivity index (χ0v) is 13.1. The zero-order valence-electron chi connectivity index (χ0n) is 13.1. The second-order valence-corrected chi connectivity index (χ2v) is 6.04. The van der Waals surface area contributed by atoms with Crippen molar-refractivity contribution in [2.45, 2.75) is 45.8 Å². The molecule has 0 aliphatic carbocycles. The molecule has 0 heterocycles. The smallest absolute Gasteiger partial charge is 0.137 e. The van der Waals surface area contributed by atoms with Crippen LogP contribution in [0.25, 0.3) is 0 Å². The summed E-state index contributed by atoms with van der Waals surface area (Å²) in [5.74, 6) is 0.875. The van der Waals surface area contributed by atoms with Gasteiger partial charge in [0.2, 0.25) is 0 Å². The lowest BCUT2D eigenvalue weighted by molar-refractivity contribution is 0.161. The van der Waals surface area contributed by atoms with Crippen LogP contribution in [-0.4, -0.2) is 36.9 Å². The van der Waals surface area contributed by atoms with Crippen LogP contribution in [-0.2, 0) is 0 Å². The fraction of sp³-hybridized carbons (Fsp3) is 0.625. The van der Waals surface area contributed by atoms with Gasteiger partial charge in [-0.25, -0.2) is 0 Å². The predicted molar refractivity (Wildman–Crippen MR) is 82.8 cm³/mol. The van der Waals surface area contributed by atoms with Crippen LogP contribution in [0.4, 0.5) is 5.69 Å². The number of nitrogens with zero attached hydrogens (tertiary/aromatic N) is 1. The van der Waals surface area contributed by atoms with Gasteiger partial charge in [-0.1, -0.05) is 45.9 Å². The van der Waals surface area contributed by atoms with Gasteiger partial charge >= 0.3 is 0 Å². The molecule has 0 aliphatic heterocycles. The molecule has 1 aromatic carbocycles. The van der Waals surface area contributed by atoms with Gasteiger partial charge in [0.05, 0.1) is 0 Å². The second kappa shape index (κ2) is 6.92. The Morgan fingerprint density at radius 3 is 1.89 bits per heavy atom. The third-order valence-corrected chi connectivity index (χ3v) is 3.22. The van der Waals surface area contributed by atoms with Gasteiger partial charge < -0.3 is 15.3 Å². The number of anilines is 1. The number of nitrogens with one attached hydrogen (secondary N) is 1. The van der Waals surface area contributed by atoms with Crippen molar-refractivity contribution in [3.05, 3.63) is 29.3 Å². The summed E-state index contributed by atoms with van der Waals surface area (Å²) in [5.41, 5.74) is 3.63. The maximum atomic E-state index is 10.1. The molecular weight excluding hydrogens is 236 g/mol. The quantitative estimate of drug-likeness (QED) is 0.774. The van der Waals surface area contributed by atoms with Gasteiger partial charge in [0.25, 0.3) is 0 Å². The van der Waals surface area contributed by atoms with E-state index in [1.807, 2.05) is 19.0 Å². The Bertz CT molecular complexity index is 373. The minimum Gasteiger partial charge on any atom is -0.372 e. The highest BCUT2D eigenvalue weighted by atomic mass is 16.3. The molecule has 0 radical (unpaired) electrons. The summed E-state index contributed by atoms with van der Waals surface area (Å²) >= 11 is 0. The number of hydrogen-bond donors (Lipinski definition) is 2. The summed E-state index contributed by atoms with van der Waals surface area (Å²) in [6.07, 6.45) is -0.549. The molecule has 0 bridgehead atoms. The first kappa shape index (κ1) is 16.0. The highest BCUT2D eigenvalue weighted by Gasteiger charge is 2.16. The number of para-hydroxylation sites is 1. The van der Waals surface area contributed by atoms with Crippen LogP contribution in [0.5, 0.6) is 0 Å². The lowest BCUT2D eigenvalue weighted by Gasteiger charge is -2.25. The Hall–Kier alpha value is -1.06. The summed E-state index contributed by atoms with van der Waals surface area (Å²) in [6.45, 7) is 9.34. The van der Waals surface area contributed by atoms with Crippen LogP contribution in [0.3, 0.4) is 0 Å². The van der Waals surface area contributed by atoms with E-state index in [1.165, 1.54) is 11.1 Å². The summed E-state index contributed by atoms with van der Waals surface area (Å²) in [6, 6.07) is 6.39. The van der Waals surface area contributed by atoms with Gasteiger partial charge in [-0.3, -0.25) is 0 Å². The summed E-state index contributed by atoms with van der Waals surface area (Å²) in [5, 5.41) is 13.4. The van der Waals surface area contributed by atoms with Crippen molar-refractivity contribution in [1.82, 2.24) is 4.90 Å². The molecule has 0 fully saturated rings. The van der Waals surface area contributed by atoms with E-state index in [0.29, 0.717) is 18.4 Å². The SMILES string of the molecule is CC(C)c1cccc(C(C)C)c1NC(O)CN(C)C. The van der Waals surface area contributed by atoms with E-state index in [2.05, 4.69) is 51.2 Å². The maximum absolute atomic E-state index is 10.1. The third kappa shape index (κ3) is 4.51. The average molecular weight is 264 g/mol. The average Bonchev–Trinajstić information content (AvgIpc) is 2.27. The molecule has 1 rings (SSSR count). The highest BCUT2D eigenvalue weighted by Crippen LogP contribution is 2.32. The van der Waals surface area contributed by atoms with Crippen molar-refractivity contribution >= 4 is 5.69 Å². The molecule has 0 spiro atoms. The Morgan fingerprint density at radius 2 is 1.53 bits per heavy atom. The van der Waals surface area contributed by atoms with E-state index in [0.717, 1.165) is 5.69 Å². The van der Waals surface area contributed by atoms with Gasteiger partial charge in [0, 0.05) is 12.2 Å². The molecule has 108 valence electrons. The van der Waals surface area contributed by atoms with Gasteiger partial charge in [0.1, 0.15) is 6.23 Å². The minimum absolute atomic E-state index is 0.438. The Balaban J connectivity index is 3.07. The standard InChI is InChI=1S/C16H28N2O/c1-11(2)13-8-7-9-14(12(3)4)16(13)17-15(19)10-18(5)6/h7-9,11-12,15,17,19H,10H2,1-6H3. The highest BCUT2D eigenvalue weighted by molar-refractivity contribution is 5.60. The van der Waals surface area contributed by atoms with Crippen molar-refractivity contribution in [3.63, 3.8) is 0 Å². The molecule has 3 heteroatoms. The molecule has 1 unspecified atom stereocenters. The van der Waals surface area contributed by atoms with Crippen LogP contribution in [0.15, 0.2) is 18.2 Å². The fourth-order valence-electron chi connectivity index (χ4n) is 2.28. The van der Waals surface area contributed by atoms with Crippen molar-refractivity contribution in [2.24, 2.45) is 0 Å². The minimum atomic E-state index is -0.549. The Kier molecular flexibility index (Phi) is 5.83. The van der Waals surface area contributed by atoms with E-state index >= 15 is 0 Å². The lowest BCUT2D eigenvalue weighted by Crippen LogP contribution is -2.32. The van der Waals surface area contributed by atoms with E-state index in [-0.39, 0.29) is 0 Å². The number of benzene rings is 1. The fourth-order valence-corrected chi connectivity index (χ4v) is 2.28. The topological polar surface area (TPSA) is 35.5 Å². The molecule has 0 saturated heterocycles. The van der Waals surface area contributed by atoms with Gasteiger partial charge in [-0.05, 0) is 37.1 Å². The Morgan fingerprint density at radius 1 is 1.05 bits per heavy atom. The number of rotatable bonds is 6. The third-order valence-electron chi connectivity index (χ3n) is 3.22. The van der Waals surface area contributed by atoms with Crippen molar-refractivity contribution in [1.29, 1.82) is 0 Å². The van der Waals surface area contributed by atoms with E-state index in [1.54, 1.807) is 0 Å². The van der Waals surface area contributed by atoms with Crippen molar-refractivity contribution < 1.29 is 5.11 Å². The van der Waals surface area contributed by atoms with Gasteiger partial charge in [-0.15, -0.1) is 0 Å². The zero-order chi connectivity index (χ0) is 14.6. The van der Waals surface area contributed by atoms with Gasteiger partial charge in [0.15, 0.2) is 0 Å². The van der Waals surface area contributed by atoms with Crippen molar-refractivity contribution in [2.75, 3.05) is 26.0 Å². The van der Waals surface area contributed by atoms with Crippen molar-refractivity contribution in [3.8, 4) is 0 Å². The van der Waals surface area contributed by atoms with Crippen LogP contribution in [0.2, 0.25) is 0 Å². The summed E-state index contributed by atoms with van der Waals surface area (Å²) in [4.78, 5) is 1.98. The second-order valence-electron chi connectivity index (χ2n) is 6.04. The molecule has 0 saturated carbocycles. The van der Waals surface area contributed by atoms with E-state index in [9.17, 15) is 5.11 Å². The molecule has 1 atom stereocenters.